The molecule has 0 bridgehead atoms. The Hall–Kier alpha value is -3.11. The smallest absolute Gasteiger partial charge is 0.407 e. The number of piperidine rings is 1. The van der Waals surface area contributed by atoms with E-state index in [-0.39, 0.29) is 0 Å². The van der Waals surface area contributed by atoms with Crippen LogP contribution in [0.25, 0.3) is 0 Å². The van der Waals surface area contributed by atoms with Crippen LogP contribution in [0.3, 0.4) is 0 Å². The fourth-order valence-electron chi connectivity index (χ4n) is 3.19. The molecule has 1 aliphatic heterocycles. The van der Waals surface area contributed by atoms with Crippen LogP contribution in [-0.4, -0.2) is 54.9 Å². The SMILES string of the molecule is Cc1cnc(NC(=O)Nc2cc(Cl)ccc2OCCCNC(=O)OCC2CCNCC2)cn1. The predicted octanol–water partition coefficient (Wildman–Crippen LogP) is 3.58. The highest BCUT2D eigenvalue weighted by atomic mass is 35.5. The number of nitrogens with zero attached hydrogens (tertiary/aromatic N) is 2. The lowest BCUT2D eigenvalue weighted by Crippen LogP contribution is -2.33. The molecule has 0 radical (unpaired) electrons. The number of halogens is 1. The second kappa shape index (κ2) is 12.8. The van der Waals surface area contributed by atoms with Gasteiger partial charge in [-0.1, -0.05) is 11.6 Å². The third kappa shape index (κ3) is 8.74. The van der Waals surface area contributed by atoms with Gasteiger partial charge in [-0.15, -0.1) is 0 Å². The van der Waals surface area contributed by atoms with Crippen LogP contribution in [0, 0.1) is 12.8 Å². The van der Waals surface area contributed by atoms with Crippen LogP contribution in [0.2, 0.25) is 5.02 Å². The molecule has 0 aliphatic carbocycles. The van der Waals surface area contributed by atoms with E-state index in [2.05, 4.69) is 31.2 Å². The first-order chi connectivity index (χ1) is 16.0. The van der Waals surface area contributed by atoms with Crippen LogP contribution in [0.1, 0.15) is 25.0 Å². The Balaban J connectivity index is 1.39. The Labute approximate surface area is 197 Å². The lowest BCUT2D eigenvalue weighted by molar-refractivity contribution is 0.117. The molecule has 1 fully saturated rings. The van der Waals surface area contributed by atoms with E-state index in [1.807, 2.05) is 0 Å². The molecule has 2 aromatic rings. The van der Waals surface area contributed by atoms with Gasteiger partial charge in [0.1, 0.15) is 5.75 Å². The van der Waals surface area contributed by atoms with Crippen molar-refractivity contribution in [2.45, 2.75) is 26.2 Å². The molecule has 1 saturated heterocycles. The van der Waals surface area contributed by atoms with Gasteiger partial charge in [-0.05, 0) is 63.4 Å². The number of aryl methyl sites for hydroxylation is 1. The van der Waals surface area contributed by atoms with Gasteiger partial charge in [0, 0.05) is 11.6 Å². The number of aromatic nitrogens is 2. The zero-order valence-corrected chi connectivity index (χ0v) is 19.3. The minimum atomic E-state index is -0.501. The van der Waals surface area contributed by atoms with E-state index >= 15 is 0 Å². The molecule has 2 heterocycles. The van der Waals surface area contributed by atoms with Gasteiger partial charge in [-0.3, -0.25) is 10.3 Å². The Bertz CT molecular complexity index is 922. The summed E-state index contributed by atoms with van der Waals surface area (Å²) in [6, 6.07) is 4.43. The molecule has 11 heteroatoms. The number of hydrogen-bond donors (Lipinski definition) is 4. The normalized spacial score (nSPS) is 13.8. The molecule has 3 rings (SSSR count). The van der Waals surface area contributed by atoms with Crippen molar-refractivity contribution in [3.05, 3.63) is 41.3 Å². The summed E-state index contributed by atoms with van der Waals surface area (Å²) in [4.78, 5) is 32.3. The van der Waals surface area contributed by atoms with Crippen LogP contribution in [-0.2, 0) is 4.74 Å². The third-order valence-electron chi connectivity index (χ3n) is 4.97. The van der Waals surface area contributed by atoms with Crippen molar-refractivity contribution in [3.8, 4) is 5.75 Å². The minimum Gasteiger partial charge on any atom is -0.491 e. The van der Waals surface area contributed by atoms with Gasteiger partial charge in [-0.2, -0.15) is 0 Å². The number of benzene rings is 1. The second-order valence-corrected chi connectivity index (χ2v) is 8.12. The molecule has 178 valence electrons. The number of hydrogen-bond acceptors (Lipinski definition) is 7. The number of carbonyl (C=O) groups is 2. The van der Waals surface area contributed by atoms with Gasteiger partial charge < -0.3 is 25.4 Å². The van der Waals surface area contributed by atoms with E-state index in [4.69, 9.17) is 21.1 Å². The Morgan fingerprint density at radius 2 is 2.00 bits per heavy atom. The van der Waals surface area contributed by atoms with Crippen LogP contribution < -0.4 is 26.0 Å². The monoisotopic (exact) mass is 476 g/mol. The summed E-state index contributed by atoms with van der Waals surface area (Å²) >= 11 is 6.07. The number of carbonyl (C=O) groups excluding carboxylic acids is 2. The highest BCUT2D eigenvalue weighted by molar-refractivity contribution is 6.31. The fraction of sp³-hybridized carbons (Fsp3) is 0.455. The van der Waals surface area contributed by atoms with Crippen molar-refractivity contribution in [1.29, 1.82) is 0 Å². The molecule has 10 nitrogen and oxygen atoms in total. The molecule has 0 unspecified atom stereocenters. The Morgan fingerprint density at radius 1 is 1.18 bits per heavy atom. The second-order valence-electron chi connectivity index (χ2n) is 7.68. The van der Waals surface area contributed by atoms with Crippen molar-refractivity contribution in [2.75, 3.05) is 43.5 Å². The van der Waals surface area contributed by atoms with Gasteiger partial charge in [0.15, 0.2) is 5.82 Å². The van der Waals surface area contributed by atoms with Crippen molar-refractivity contribution in [2.24, 2.45) is 5.92 Å². The summed E-state index contributed by atoms with van der Waals surface area (Å²) < 4.78 is 11.0. The largest absolute Gasteiger partial charge is 0.491 e. The van der Waals surface area contributed by atoms with Gasteiger partial charge >= 0.3 is 12.1 Å². The first-order valence-corrected chi connectivity index (χ1v) is 11.3. The van der Waals surface area contributed by atoms with Crippen LogP contribution in [0.4, 0.5) is 21.1 Å². The standard InChI is InChI=1S/C22H29ClN6O4/c1-15-12-27-20(13-26-15)29-21(30)28-18-11-17(23)3-4-19(18)32-10-2-7-25-22(31)33-14-16-5-8-24-9-6-16/h3-4,11-13,16,24H,2,5-10,14H2,1H3,(H,25,31)(H2,27,28,29,30). The molecule has 4 N–H and O–H groups in total. The maximum Gasteiger partial charge on any atom is 0.407 e. The molecule has 0 atom stereocenters. The van der Waals surface area contributed by atoms with Gasteiger partial charge in [0.25, 0.3) is 0 Å². The van der Waals surface area contributed by atoms with Gasteiger partial charge in [0.2, 0.25) is 0 Å². The number of rotatable bonds is 9. The molecule has 0 saturated carbocycles. The van der Waals surface area contributed by atoms with Crippen LogP contribution >= 0.6 is 11.6 Å². The average Bonchev–Trinajstić information content (AvgIpc) is 2.81. The van der Waals surface area contributed by atoms with E-state index in [1.165, 1.54) is 6.20 Å². The first-order valence-electron chi connectivity index (χ1n) is 10.9. The number of alkyl carbamates (subject to hydrolysis) is 1. The molecule has 3 amide bonds. The summed E-state index contributed by atoms with van der Waals surface area (Å²) in [5.41, 5.74) is 1.16. The summed E-state index contributed by atoms with van der Waals surface area (Å²) in [5.74, 6) is 1.20. The maximum absolute atomic E-state index is 12.3. The summed E-state index contributed by atoms with van der Waals surface area (Å²) in [7, 11) is 0. The number of ether oxygens (including phenoxy) is 2. The van der Waals surface area contributed by atoms with Crippen molar-refractivity contribution < 1.29 is 19.1 Å². The number of amides is 3. The third-order valence-corrected chi connectivity index (χ3v) is 5.20. The number of urea groups is 1. The minimum absolute atomic E-state index is 0.320. The van der Waals surface area contributed by atoms with E-state index in [0.717, 1.165) is 31.6 Å². The average molecular weight is 477 g/mol. The summed E-state index contributed by atoms with van der Waals surface area (Å²) in [5, 5.41) is 11.8. The first kappa shape index (κ1) is 24.5. The maximum atomic E-state index is 12.3. The quantitative estimate of drug-likeness (QED) is 0.407. The number of anilines is 2. The summed E-state index contributed by atoms with van der Waals surface area (Å²) in [6.45, 7) is 4.93. The highest BCUT2D eigenvalue weighted by Crippen LogP contribution is 2.28. The van der Waals surface area contributed by atoms with E-state index in [1.54, 1.807) is 31.3 Å². The molecule has 0 spiro atoms. The van der Waals surface area contributed by atoms with E-state index in [9.17, 15) is 9.59 Å². The molecule has 33 heavy (non-hydrogen) atoms. The van der Waals surface area contributed by atoms with E-state index < -0.39 is 12.1 Å². The van der Waals surface area contributed by atoms with Crippen molar-refractivity contribution >= 4 is 35.2 Å². The molecular formula is C22H29ClN6O4. The van der Waals surface area contributed by atoms with Gasteiger partial charge in [0.05, 0.1) is 37.0 Å². The molecule has 1 aromatic carbocycles. The van der Waals surface area contributed by atoms with Crippen LogP contribution in [0.15, 0.2) is 30.6 Å². The lowest BCUT2D eigenvalue weighted by Gasteiger charge is -2.22. The number of nitrogens with one attached hydrogen (secondary N) is 4. The fourth-order valence-corrected chi connectivity index (χ4v) is 3.36. The zero-order valence-electron chi connectivity index (χ0n) is 18.5. The van der Waals surface area contributed by atoms with E-state index in [0.29, 0.717) is 54.4 Å². The molecule has 1 aromatic heterocycles. The predicted molar refractivity (Wildman–Crippen MR) is 126 cm³/mol. The molecule has 1 aliphatic rings. The van der Waals surface area contributed by atoms with Crippen molar-refractivity contribution in [1.82, 2.24) is 20.6 Å². The lowest BCUT2D eigenvalue weighted by atomic mass is 9.99. The highest BCUT2D eigenvalue weighted by Gasteiger charge is 2.15. The van der Waals surface area contributed by atoms with Crippen molar-refractivity contribution in [3.63, 3.8) is 0 Å². The Kier molecular flexibility index (Phi) is 9.52. The topological polar surface area (TPSA) is 126 Å². The summed E-state index contributed by atoms with van der Waals surface area (Å²) in [6.07, 6.45) is 5.22. The molecular weight excluding hydrogens is 448 g/mol. The van der Waals surface area contributed by atoms with Gasteiger partial charge in [-0.25, -0.2) is 14.6 Å². The Morgan fingerprint density at radius 3 is 2.76 bits per heavy atom. The van der Waals surface area contributed by atoms with Crippen LogP contribution in [0.5, 0.6) is 5.75 Å². The zero-order chi connectivity index (χ0) is 23.5.